The number of hydrogen-bond acceptors (Lipinski definition) is 4. The standard InChI is InChI=1S/C23H24N2O4S/c1-2-18-21(22(28)23(24)29)17-13-16(30-12-6-9-20(26)27)10-11-19(17)25(18)14-15-7-4-3-5-8-15/h3-5,7-8,10-11,13H,2,6,9,12,14H2,1H3,(H2,24,29)(H,26,27). The minimum Gasteiger partial charge on any atom is -0.481 e. The molecule has 30 heavy (non-hydrogen) atoms. The molecule has 1 heterocycles. The molecule has 6 nitrogen and oxygen atoms in total. The average Bonchev–Trinajstić information content (AvgIpc) is 3.03. The molecule has 0 saturated carbocycles. The molecule has 0 radical (unpaired) electrons. The molecule has 0 aliphatic carbocycles. The quantitative estimate of drug-likeness (QED) is 0.223. The zero-order valence-corrected chi connectivity index (χ0v) is 17.6. The van der Waals surface area contributed by atoms with Gasteiger partial charge in [0.15, 0.2) is 0 Å². The van der Waals surface area contributed by atoms with Crippen LogP contribution >= 0.6 is 11.8 Å². The Hall–Kier alpha value is -3.06. The molecule has 0 spiro atoms. The summed E-state index contributed by atoms with van der Waals surface area (Å²) >= 11 is 1.53. The van der Waals surface area contributed by atoms with E-state index in [0.717, 1.165) is 21.7 Å². The van der Waals surface area contributed by atoms with Crippen LogP contribution in [0.15, 0.2) is 53.4 Å². The predicted octanol–water partition coefficient (Wildman–Crippen LogP) is 3.88. The van der Waals surface area contributed by atoms with Crippen LogP contribution < -0.4 is 5.73 Å². The largest absolute Gasteiger partial charge is 0.481 e. The first-order chi connectivity index (χ1) is 14.4. The molecule has 0 bridgehead atoms. The molecule has 3 rings (SSSR count). The summed E-state index contributed by atoms with van der Waals surface area (Å²) in [6.07, 6.45) is 1.26. The molecule has 156 valence electrons. The Morgan fingerprint density at radius 2 is 1.83 bits per heavy atom. The van der Waals surface area contributed by atoms with Crippen molar-refractivity contribution >= 4 is 40.3 Å². The van der Waals surface area contributed by atoms with E-state index in [2.05, 4.69) is 4.57 Å². The highest BCUT2D eigenvalue weighted by molar-refractivity contribution is 7.99. The van der Waals surface area contributed by atoms with Crippen LogP contribution in [0, 0.1) is 0 Å². The van der Waals surface area contributed by atoms with E-state index < -0.39 is 17.7 Å². The van der Waals surface area contributed by atoms with Crippen LogP contribution in [0.4, 0.5) is 0 Å². The molecule has 0 aliphatic rings. The highest BCUT2D eigenvalue weighted by Gasteiger charge is 2.25. The first-order valence-electron chi connectivity index (χ1n) is 9.80. The van der Waals surface area contributed by atoms with Crippen molar-refractivity contribution in [1.29, 1.82) is 0 Å². The number of aromatic nitrogens is 1. The number of thioether (sulfide) groups is 1. The topological polar surface area (TPSA) is 102 Å². The van der Waals surface area contributed by atoms with Gasteiger partial charge < -0.3 is 15.4 Å². The lowest BCUT2D eigenvalue weighted by atomic mass is 10.0. The van der Waals surface area contributed by atoms with Crippen LogP contribution in [-0.2, 0) is 22.6 Å². The molecule has 1 amide bonds. The summed E-state index contributed by atoms with van der Waals surface area (Å²) < 4.78 is 2.07. The lowest BCUT2D eigenvalue weighted by Crippen LogP contribution is -2.24. The maximum absolute atomic E-state index is 12.7. The third kappa shape index (κ3) is 4.74. The maximum Gasteiger partial charge on any atom is 0.303 e. The monoisotopic (exact) mass is 424 g/mol. The summed E-state index contributed by atoms with van der Waals surface area (Å²) in [7, 11) is 0. The van der Waals surface area contributed by atoms with E-state index in [9.17, 15) is 14.4 Å². The molecule has 0 aliphatic heterocycles. The number of carbonyl (C=O) groups is 3. The number of primary amides is 1. The Kier molecular flexibility index (Phi) is 6.95. The number of amides is 1. The van der Waals surface area contributed by atoms with Crippen molar-refractivity contribution in [3.8, 4) is 0 Å². The third-order valence-electron chi connectivity index (χ3n) is 4.92. The lowest BCUT2D eigenvalue weighted by Gasteiger charge is -2.11. The molecule has 1 aromatic heterocycles. The van der Waals surface area contributed by atoms with E-state index >= 15 is 0 Å². The summed E-state index contributed by atoms with van der Waals surface area (Å²) in [4.78, 5) is 36.1. The molecule has 0 saturated heterocycles. The Bertz CT molecular complexity index is 1090. The summed E-state index contributed by atoms with van der Waals surface area (Å²) in [5.74, 6) is -1.81. The SMILES string of the molecule is CCc1c(C(=O)C(N)=O)c2cc(SCCCC(=O)O)ccc2n1Cc1ccccc1. The molecule has 0 unspecified atom stereocenters. The summed E-state index contributed by atoms with van der Waals surface area (Å²) in [5, 5.41) is 9.49. The second-order valence-corrected chi connectivity index (χ2v) is 8.13. The zero-order chi connectivity index (χ0) is 21.7. The summed E-state index contributed by atoms with van der Waals surface area (Å²) in [6, 6.07) is 15.7. The highest BCUT2D eigenvalue weighted by Crippen LogP contribution is 2.32. The van der Waals surface area contributed by atoms with Crippen molar-refractivity contribution in [2.24, 2.45) is 5.73 Å². The molecule has 0 atom stereocenters. The van der Waals surface area contributed by atoms with Crippen molar-refractivity contribution < 1.29 is 19.5 Å². The lowest BCUT2D eigenvalue weighted by molar-refractivity contribution is -0.137. The Morgan fingerprint density at radius 3 is 2.47 bits per heavy atom. The van der Waals surface area contributed by atoms with E-state index in [1.807, 2.05) is 55.5 Å². The van der Waals surface area contributed by atoms with Gasteiger partial charge in [-0.15, -0.1) is 11.8 Å². The van der Waals surface area contributed by atoms with E-state index in [1.54, 1.807) is 0 Å². The number of aliphatic carboxylic acids is 1. The maximum atomic E-state index is 12.7. The molecule has 3 aromatic rings. The van der Waals surface area contributed by atoms with Gasteiger partial charge in [-0.2, -0.15) is 0 Å². The molecule has 2 aromatic carbocycles. The van der Waals surface area contributed by atoms with Gasteiger partial charge in [0, 0.05) is 34.5 Å². The average molecular weight is 425 g/mol. The minimum atomic E-state index is -0.969. The first-order valence-corrected chi connectivity index (χ1v) is 10.8. The molecule has 7 heteroatoms. The van der Waals surface area contributed by atoms with Crippen molar-refractivity contribution in [3.63, 3.8) is 0 Å². The summed E-state index contributed by atoms with van der Waals surface area (Å²) in [6.45, 7) is 2.53. The Morgan fingerprint density at radius 1 is 1.10 bits per heavy atom. The first kappa shape index (κ1) is 21.6. The number of carboxylic acids is 1. The Labute approximate surface area is 179 Å². The number of nitrogens with zero attached hydrogens (tertiary/aromatic N) is 1. The number of nitrogens with two attached hydrogens (primary N) is 1. The molecular weight excluding hydrogens is 400 g/mol. The van der Waals surface area contributed by atoms with Crippen molar-refractivity contribution in [2.75, 3.05) is 5.75 Å². The molecular formula is C23H24N2O4S. The van der Waals surface area contributed by atoms with Gasteiger partial charge in [0.25, 0.3) is 11.7 Å². The Balaban J connectivity index is 2.05. The third-order valence-corrected chi connectivity index (χ3v) is 6.00. The number of carboxylic acid groups (broad SMARTS) is 1. The van der Waals surface area contributed by atoms with E-state index in [0.29, 0.717) is 36.1 Å². The normalized spacial score (nSPS) is 11.0. The van der Waals surface area contributed by atoms with Gasteiger partial charge in [-0.25, -0.2) is 0 Å². The zero-order valence-electron chi connectivity index (χ0n) is 16.8. The van der Waals surface area contributed by atoms with E-state index in [1.165, 1.54) is 11.8 Å². The summed E-state index contributed by atoms with van der Waals surface area (Å²) in [5.41, 5.74) is 8.46. The van der Waals surface area contributed by atoms with Gasteiger partial charge in [0.05, 0.1) is 5.56 Å². The minimum absolute atomic E-state index is 0.119. The van der Waals surface area contributed by atoms with Crippen molar-refractivity contribution in [3.05, 3.63) is 65.4 Å². The van der Waals surface area contributed by atoms with Crippen LogP contribution in [0.25, 0.3) is 10.9 Å². The fourth-order valence-electron chi connectivity index (χ4n) is 3.58. The highest BCUT2D eigenvalue weighted by atomic mass is 32.2. The molecule has 0 fully saturated rings. The van der Waals surface area contributed by atoms with Gasteiger partial charge in [-0.3, -0.25) is 14.4 Å². The fraction of sp³-hybridized carbons (Fsp3) is 0.261. The number of hydrogen-bond donors (Lipinski definition) is 2. The van der Waals surface area contributed by atoms with Crippen LogP contribution in [0.5, 0.6) is 0 Å². The smallest absolute Gasteiger partial charge is 0.303 e. The number of benzene rings is 2. The van der Waals surface area contributed by atoms with E-state index in [-0.39, 0.29) is 6.42 Å². The van der Waals surface area contributed by atoms with Crippen LogP contribution in [0.2, 0.25) is 0 Å². The van der Waals surface area contributed by atoms with Crippen molar-refractivity contribution in [2.45, 2.75) is 37.6 Å². The number of ketones is 1. The van der Waals surface area contributed by atoms with Gasteiger partial charge in [-0.05, 0) is 42.4 Å². The number of rotatable bonds is 10. The van der Waals surface area contributed by atoms with Crippen LogP contribution in [0.3, 0.4) is 0 Å². The van der Waals surface area contributed by atoms with E-state index in [4.69, 9.17) is 10.8 Å². The van der Waals surface area contributed by atoms with Gasteiger partial charge >= 0.3 is 5.97 Å². The number of fused-ring (bicyclic) bond motifs is 1. The van der Waals surface area contributed by atoms with Crippen LogP contribution in [0.1, 0.15) is 41.4 Å². The predicted molar refractivity (Wildman–Crippen MR) is 118 cm³/mol. The number of carbonyl (C=O) groups excluding carboxylic acids is 2. The number of Topliss-reactive ketones (excluding diaryl/α,β-unsaturated/α-hetero) is 1. The van der Waals surface area contributed by atoms with Gasteiger partial charge in [-0.1, -0.05) is 37.3 Å². The second kappa shape index (κ2) is 9.63. The van der Waals surface area contributed by atoms with Crippen LogP contribution in [-0.4, -0.2) is 33.1 Å². The van der Waals surface area contributed by atoms with Crippen molar-refractivity contribution in [1.82, 2.24) is 4.57 Å². The van der Waals surface area contributed by atoms with Gasteiger partial charge in [0.1, 0.15) is 0 Å². The molecule has 3 N–H and O–H groups in total. The van der Waals surface area contributed by atoms with Gasteiger partial charge in [0.2, 0.25) is 0 Å². The second-order valence-electron chi connectivity index (χ2n) is 6.97. The fourth-order valence-corrected chi connectivity index (χ4v) is 4.47.